The number of nitrogens with zero attached hydrogens (tertiary/aromatic N) is 2. The van der Waals surface area contributed by atoms with Crippen LogP contribution in [0.5, 0.6) is 5.75 Å². The number of halogens is 3. The second-order valence-corrected chi connectivity index (χ2v) is 5.50. The molecule has 0 saturated heterocycles. The number of nitrogens with one attached hydrogen (secondary N) is 2. The van der Waals surface area contributed by atoms with Crippen molar-refractivity contribution in [3.63, 3.8) is 0 Å². The lowest BCUT2D eigenvalue weighted by Gasteiger charge is -2.11. The van der Waals surface area contributed by atoms with E-state index < -0.39 is 29.0 Å². The standard InChI is InChI=1S/C19H15F3N4O2/c1-2-28-15-6-4-3-5-12(15)25-19-23-10-9-14(26-19)18(27)24-13-8-7-11(20)16(21)17(13)22/h3-10H,2H2,1H3,(H,24,27)(H,23,25,26). The average Bonchev–Trinajstić information content (AvgIpc) is 2.70. The minimum Gasteiger partial charge on any atom is -0.492 e. The lowest BCUT2D eigenvalue weighted by Crippen LogP contribution is -2.16. The Hall–Kier alpha value is -3.62. The zero-order valence-electron chi connectivity index (χ0n) is 14.7. The Balaban J connectivity index is 1.80. The van der Waals surface area contributed by atoms with E-state index in [9.17, 15) is 18.0 Å². The van der Waals surface area contributed by atoms with Crippen LogP contribution in [0.15, 0.2) is 48.7 Å². The summed E-state index contributed by atoms with van der Waals surface area (Å²) in [6.07, 6.45) is 1.33. The molecule has 2 N–H and O–H groups in total. The molecule has 0 atom stereocenters. The summed E-state index contributed by atoms with van der Waals surface area (Å²) in [5, 5.41) is 5.09. The fraction of sp³-hybridized carbons (Fsp3) is 0.105. The fourth-order valence-corrected chi connectivity index (χ4v) is 2.33. The first kappa shape index (κ1) is 19.2. The minimum atomic E-state index is -1.67. The summed E-state index contributed by atoms with van der Waals surface area (Å²) >= 11 is 0. The van der Waals surface area contributed by atoms with Crippen LogP contribution in [0.3, 0.4) is 0 Å². The number of aromatic nitrogens is 2. The zero-order valence-corrected chi connectivity index (χ0v) is 14.7. The lowest BCUT2D eigenvalue weighted by atomic mass is 10.2. The summed E-state index contributed by atoms with van der Waals surface area (Å²) in [5.41, 5.74) is -0.0113. The van der Waals surface area contributed by atoms with Gasteiger partial charge in [-0.3, -0.25) is 4.79 Å². The largest absolute Gasteiger partial charge is 0.492 e. The van der Waals surface area contributed by atoms with Crippen LogP contribution in [0.25, 0.3) is 0 Å². The number of carbonyl (C=O) groups is 1. The molecule has 144 valence electrons. The van der Waals surface area contributed by atoms with E-state index in [1.165, 1.54) is 12.3 Å². The molecule has 0 fully saturated rings. The van der Waals surface area contributed by atoms with Gasteiger partial charge in [0.25, 0.3) is 5.91 Å². The van der Waals surface area contributed by atoms with E-state index in [2.05, 4.69) is 20.6 Å². The summed E-state index contributed by atoms with van der Waals surface area (Å²) in [4.78, 5) is 20.4. The summed E-state index contributed by atoms with van der Waals surface area (Å²) < 4.78 is 45.5. The molecule has 6 nitrogen and oxygen atoms in total. The lowest BCUT2D eigenvalue weighted by molar-refractivity contribution is 0.102. The predicted octanol–water partition coefficient (Wildman–Crippen LogP) is 4.29. The highest BCUT2D eigenvalue weighted by molar-refractivity contribution is 6.03. The van der Waals surface area contributed by atoms with Gasteiger partial charge in [-0.05, 0) is 37.3 Å². The van der Waals surface area contributed by atoms with Crippen molar-refractivity contribution >= 4 is 23.2 Å². The predicted molar refractivity (Wildman–Crippen MR) is 97.2 cm³/mol. The highest BCUT2D eigenvalue weighted by atomic mass is 19.2. The van der Waals surface area contributed by atoms with Crippen molar-refractivity contribution < 1.29 is 22.7 Å². The molecule has 0 aliphatic rings. The van der Waals surface area contributed by atoms with Gasteiger partial charge in [-0.1, -0.05) is 12.1 Å². The van der Waals surface area contributed by atoms with Gasteiger partial charge in [-0.15, -0.1) is 0 Å². The van der Waals surface area contributed by atoms with Crippen molar-refractivity contribution in [3.05, 3.63) is 71.8 Å². The summed E-state index contributed by atoms with van der Waals surface area (Å²) in [5.74, 6) is -4.65. The molecular weight excluding hydrogens is 373 g/mol. The smallest absolute Gasteiger partial charge is 0.274 e. The third kappa shape index (κ3) is 4.20. The Kier molecular flexibility index (Phi) is 5.73. The van der Waals surface area contributed by atoms with Gasteiger partial charge in [0.2, 0.25) is 5.95 Å². The van der Waals surface area contributed by atoms with Gasteiger partial charge in [-0.25, -0.2) is 23.1 Å². The number of hydrogen-bond donors (Lipinski definition) is 2. The third-order valence-electron chi connectivity index (χ3n) is 3.60. The molecule has 9 heteroatoms. The van der Waals surface area contributed by atoms with E-state index in [1.807, 2.05) is 6.92 Å². The molecule has 3 aromatic rings. The first-order valence-electron chi connectivity index (χ1n) is 8.26. The molecule has 1 aromatic heterocycles. The monoisotopic (exact) mass is 388 g/mol. The maximum absolute atomic E-state index is 13.7. The third-order valence-corrected chi connectivity index (χ3v) is 3.60. The molecule has 0 aliphatic carbocycles. The van der Waals surface area contributed by atoms with E-state index in [1.54, 1.807) is 24.3 Å². The first-order valence-corrected chi connectivity index (χ1v) is 8.26. The van der Waals surface area contributed by atoms with Gasteiger partial charge in [0.15, 0.2) is 17.5 Å². The van der Waals surface area contributed by atoms with E-state index in [-0.39, 0.29) is 11.6 Å². The van der Waals surface area contributed by atoms with Gasteiger partial charge < -0.3 is 15.4 Å². The van der Waals surface area contributed by atoms with E-state index in [4.69, 9.17) is 4.74 Å². The van der Waals surface area contributed by atoms with Crippen LogP contribution in [-0.4, -0.2) is 22.5 Å². The molecule has 0 spiro atoms. The van der Waals surface area contributed by atoms with Gasteiger partial charge in [0, 0.05) is 6.20 Å². The Bertz CT molecular complexity index is 1010. The summed E-state index contributed by atoms with van der Waals surface area (Å²) in [6, 6.07) is 10.0. The van der Waals surface area contributed by atoms with Crippen LogP contribution in [0, 0.1) is 17.5 Å². The second-order valence-electron chi connectivity index (χ2n) is 5.50. The van der Waals surface area contributed by atoms with Crippen LogP contribution < -0.4 is 15.4 Å². The van der Waals surface area contributed by atoms with Crippen molar-refractivity contribution in [2.45, 2.75) is 6.92 Å². The number of carbonyl (C=O) groups excluding carboxylic acids is 1. The SMILES string of the molecule is CCOc1ccccc1Nc1nccc(C(=O)Nc2ccc(F)c(F)c2F)n1. The fourth-order valence-electron chi connectivity index (χ4n) is 2.33. The van der Waals surface area contributed by atoms with Crippen molar-refractivity contribution in [2.24, 2.45) is 0 Å². The molecule has 0 unspecified atom stereocenters. The second kappa shape index (κ2) is 8.38. The molecule has 28 heavy (non-hydrogen) atoms. The number of rotatable bonds is 6. The van der Waals surface area contributed by atoms with Crippen molar-refractivity contribution in [2.75, 3.05) is 17.2 Å². The summed E-state index contributed by atoms with van der Waals surface area (Å²) in [7, 11) is 0. The molecule has 0 radical (unpaired) electrons. The molecule has 0 aliphatic heterocycles. The van der Waals surface area contributed by atoms with Gasteiger partial charge in [0.1, 0.15) is 11.4 Å². The Morgan fingerprint density at radius 3 is 2.61 bits per heavy atom. The Morgan fingerprint density at radius 1 is 1.04 bits per heavy atom. The summed E-state index contributed by atoms with van der Waals surface area (Å²) in [6.45, 7) is 2.30. The number of amides is 1. The number of ether oxygens (including phenoxy) is 1. The van der Waals surface area contributed by atoms with Crippen LogP contribution >= 0.6 is 0 Å². The molecular formula is C19H15F3N4O2. The zero-order chi connectivity index (χ0) is 20.1. The average molecular weight is 388 g/mol. The van der Waals surface area contributed by atoms with Crippen LogP contribution in [0.4, 0.5) is 30.5 Å². The molecule has 0 saturated carbocycles. The van der Waals surface area contributed by atoms with Crippen LogP contribution in [-0.2, 0) is 0 Å². The van der Waals surface area contributed by atoms with Gasteiger partial charge >= 0.3 is 0 Å². The van der Waals surface area contributed by atoms with Crippen molar-refractivity contribution in [1.82, 2.24) is 9.97 Å². The number of hydrogen-bond acceptors (Lipinski definition) is 5. The molecule has 2 aromatic carbocycles. The Labute approximate surface area is 158 Å². The maximum Gasteiger partial charge on any atom is 0.274 e. The number of para-hydroxylation sites is 2. The quantitative estimate of drug-likeness (QED) is 0.616. The number of anilines is 3. The van der Waals surface area contributed by atoms with E-state index in [0.29, 0.717) is 24.1 Å². The molecule has 1 amide bonds. The highest BCUT2D eigenvalue weighted by Crippen LogP contribution is 2.26. The van der Waals surface area contributed by atoms with Gasteiger partial charge in [0.05, 0.1) is 18.0 Å². The van der Waals surface area contributed by atoms with E-state index >= 15 is 0 Å². The van der Waals surface area contributed by atoms with Crippen molar-refractivity contribution in [3.8, 4) is 5.75 Å². The minimum absolute atomic E-state index is 0.101. The molecule has 0 bridgehead atoms. The topological polar surface area (TPSA) is 76.1 Å². The van der Waals surface area contributed by atoms with E-state index in [0.717, 1.165) is 6.07 Å². The normalized spacial score (nSPS) is 10.4. The van der Waals surface area contributed by atoms with Crippen LogP contribution in [0.1, 0.15) is 17.4 Å². The molecule has 1 heterocycles. The van der Waals surface area contributed by atoms with Crippen molar-refractivity contribution in [1.29, 1.82) is 0 Å². The van der Waals surface area contributed by atoms with Crippen LogP contribution in [0.2, 0.25) is 0 Å². The number of benzene rings is 2. The molecule has 3 rings (SSSR count). The van der Waals surface area contributed by atoms with Gasteiger partial charge in [-0.2, -0.15) is 0 Å². The Morgan fingerprint density at radius 2 is 1.82 bits per heavy atom. The highest BCUT2D eigenvalue weighted by Gasteiger charge is 2.17. The maximum atomic E-state index is 13.7. The first-order chi connectivity index (χ1) is 13.5.